The first kappa shape index (κ1) is 66.7. The Morgan fingerprint density at radius 1 is 0.637 bits per heavy atom. The summed E-state index contributed by atoms with van der Waals surface area (Å²) in [6, 6.07) is 1.26. The van der Waals surface area contributed by atoms with Crippen LogP contribution in [-0.2, 0) is 64.0 Å². The zero-order valence-electron chi connectivity index (χ0n) is 48.0. The van der Waals surface area contributed by atoms with Gasteiger partial charge in [-0.2, -0.15) is 0 Å². The smallest absolute Gasteiger partial charge is 0.408 e. The van der Waals surface area contributed by atoms with Crippen molar-refractivity contribution in [3.8, 4) is 0 Å². The molecule has 2 heterocycles. The monoisotopic (exact) mass is 1130 g/mol. The van der Waals surface area contributed by atoms with Gasteiger partial charge < -0.3 is 76.3 Å². The summed E-state index contributed by atoms with van der Waals surface area (Å²) in [7, 11) is 5.45. The van der Waals surface area contributed by atoms with Gasteiger partial charge >= 0.3 is 18.2 Å². The van der Waals surface area contributed by atoms with Crippen LogP contribution in [-0.4, -0.2) is 228 Å². The van der Waals surface area contributed by atoms with Crippen LogP contribution in [0.25, 0.3) is 0 Å². The fraction of sp³-hybridized carbons (Fsp3) is 0.660. The standard InChI is InChI=1S/C53H84N12O15/c1-32(2)43(62(10)41(68)29-60(8)39(66)25-54)46(71)55-26-35(58-51(77)79-31-34-19-13-12-14-20-34)48(73)64-23-17-15-21-37(64)45(70)57-28-40(67)61(9)30-42(69)63(11)44(33(3)4)47(72)56-27-36(59-52(78)80-53(5,6)7)49(74)65-24-18-16-22-38(65)50(75)76/h12-14,19-20,32-33,35-38,43-44H,15-18,21-31,54H2,1-11H3,(H,55,71)(H,56,72)(H,57,70)(H,58,77)(H,59,78)(H,75,76)/t35-,36-,37+,38+,43+,44+/m1/s1. The lowest BCUT2D eigenvalue weighted by Crippen LogP contribution is -2.61. The van der Waals surface area contributed by atoms with Gasteiger partial charge in [0.05, 0.1) is 26.2 Å². The van der Waals surface area contributed by atoms with E-state index in [1.165, 1.54) is 38.0 Å². The van der Waals surface area contributed by atoms with E-state index in [1.54, 1.807) is 78.8 Å². The molecule has 2 aliphatic heterocycles. The summed E-state index contributed by atoms with van der Waals surface area (Å²) >= 11 is 0. The summed E-state index contributed by atoms with van der Waals surface area (Å²) in [5.74, 6) is -8.26. The Balaban J connectivity index is 1.73. The average molecular weight is 1130 g/mol. The number of likely N-dealkylation sites (N-methyl/N-ethyl adjacent to an activating group) is 4. The molecule has 80 heavy (non-hydrogen) atoms. The van der Waals surface area contributed by atoms with E-state index in [1.807, 2.05) is 0 Å². The van der Waals surface area contributed by atoms with E-state index in [0.717, 1.165) is 19.6 Å². The van der Waals surface area contributed by atoms with Crippen LogP contribution >= 0.6 is 0 Å². The van der Waals surface area contributed by atoms with E-state index in [-0.39, 0.29) is 45.6 Å². The molecule has 2 saturated heterocycles. The van der Waals surface area contributed by atoms with Gasteiger partial charge in [0.2, 0.25) is 53.2 Å². The summed E-state index contributed by atoms with van der Waals surface area (Å²) in [4.78, 5) is 167. The molecule has 8 N–H and O–H groups in total. The molecule has 0 radical (unpaired) electrons. The number of piperidine rings is 2. The zero-order valence-corrected chi connectivity index (χ0v) is 48.0. The molecule has 2 fully saturated rings. The van der Waals surface area contributed by atoms with Crippen LogP contribution in [0.4, 0.5) is 9.59 Å². The molecule has 0 spiro atoms. The van der Waals surface area contributed by atoms with Crippen LogP contribution in [0, 0.1) is 11.8 Å². The number of hydrogen-bond donors (Lipinski definition) is 7. The second kappa shape index (κ2) is 31.3. The van der Waals surface area contributed by atoms with Crippen molar-refractivity contribution in [1.29, 1.82) is 0 Å². The molecule has 2 aliphatic rings. The van der Waals surface area contributed by atoms with E-state index in [0.29, 0.717) is 31.2 Å². The molecule has 27 nitrogen and oxygen atoms in total. The number of nitrogens with two attached hydrogens (primary N) is 1. The SMILES string of the molecule is CC(C)[C@@H](C(=O)NC[C@@H](NC(=O)OCc1ccccc1)C(=O)N1CCCC[C@H]1C(=O)NCC(=O)N(C)CC(=O)N(C)[C@H](C(=O)NC[C@@H](NC(=O)OC(C)(C)C)C(=O)N1CCCC[C@H]1C(=O)O)C(C)C)N(C)C(=O)CN(C)C(=O)CN. The topological polar surface area (TPSA) is 349 Å². The number of benzene rings is 1. The Hall–Kier alpha value is -7.58. The van der Waals surface area contributed by atoms with E-state index in [9.17, 15) is 62.6 Å². The van der Waals surface area contributed by atoms with Crippen molar-refractivity contribution in [2.45, 2.75) is 135 Å². The predicted molar refractivity (Wildman–Crippen MR) is 289 cm³/mol. The molecule has 0 unspecified atom stereocenters. The highest BCUT2D eigenvalue weighted by Crippen LogP contribution is 2.21. The molecule has 0 saturated carbocycles. The highest BCUT2D eigenvalue weighted by molar-refractivity contribution is 5.96. The third-order valence-corrected chi connectivity index (χ3v) is 13.5. The molecule has 11 amide bonds. The molecule has 6 atom stereocenters. The summed E-state index contributed by atoms with van der Waals surface area (Å²) in [5, 5.41) is 22.6. The highest BCUT2D eigenvalue weighted by atomic mass is 16.6. The predicted octanol–water partition coefficient (Wildman–Crippen LogP) is -0.788. The lowest BCUT2D eigenvalue weighted by molar-refractivity contribution is -0.153. The summed E-state index contributed by atoms with van der Waals surface area (Å²) in [5.41, 5.74) is 5.13. The molecular weight excluding hydrogens is 1040 g/mol. The summed E-state index contributed by atoms with van der Waals surface area (Å²) in [6.45, 7) is 8.76. The third kappa shape index (κ3) is 20.3. The van der Waals surface area contributed by atoms with Crippen molar-refractivity contribution < 1.29 is 72.1 Å². The first-order chi connectivity index (χ1) is 37.5. The van der Waals surface area contributed by atoms with Crippen LogP contribution in [0.3, 0.4) is 0 Å². The Kier molecular flexibility index (Phi) is 26.1. The van der Waals surface area contributed by atoms with Crippen molar-refractivity contribution in [3.05, 3.63) is 35.9 Å². The zero-order chi connectivity index (χ0) is 60.2. The molecule has 0 aromatic heterocycles. The Labute approximate surface area is 467 Å². The molecule has 0 aliphatic carbocycles. The lowest BCUT2D eigenvalue weighted by atomic mass is 9.99. The fourth-order valence-electron chi connectivity index (χ4n) is 9.23. The first-order valence-electron chi connectivity index (χ1n) is 26.8. The maximum Gasteiger partial charge on any atom is 0.408 e. The van der Waals surface area contributed by atoms with Gasteiger partial charge in [0, 0.05) is 54.4 Å². The molecule has 3 rings (SSSR count). The Bertz CT molecular complexity index is 2370. The molecule has 1 aromatic carbocycles. The summed E-state index contributed by atoms with van der Waals surface area (Å²) in [6.07, 6.45) is 0.464. The average Bonchev–Trinajstić information content (AvgIpc) is 3.40. The Morgan fingerprint density at radius 2 is 1.09 bits per heavy atom. The molecular formula is C53H84N12O15. The third-order valence-electron chi connectivity index (χ3n) is 13.5. The number of nitrogens with one attached hydrogen (secondary N) is 5. The number of ether oxygens (including phenoxy) is 2. The van der Waals surface area contributed by atoms with E-state index in [4.69, 9.17) is 15.2 Å². The van der Waals surface area contributed by atoms with Gasteiger partial charge in [-0.15, -0.1) is 0 Å². The van der Waals surface area contributed by atoms with Gasteiger partial charge in [-0.05, 0) is 76.7 Å². The summed E-state index contributed by atoms with van der Waals surface area (Å²) < 4.78 is 10.7. The van der Waals surface area contributed by atoms with Crippen molar-refractivity contribution in [1.82, 2.24) is 56.0 Å². The van der Waals surface area contributed by atoms with Crippen molar-refractivity contribution >= 4 is 71.3 Å². The molecule has 27 heteroatoms. The Morgan fingerprint density at radius 3 is 1.54 bits per heavy atom. The number of amides is 11. The number of nitrogens with zero attached hydrogens (tertiary/aromatic N) is 6. The number of rotatable bonds is 25. The second-order valence-corrected chi connectivity index (χ2v) is 21.7. The molecule has 0 bridgehead atoms. The quantitative estimate of drug-likeness (QED) is 0.0631. The first-order valence-corrected chi connectivity index (χ1v) is 26.8. The number of likely N-dealkylation sites (tertiary alicyclic amines) is 2. The van der Waals surface area contributed by atoms with Gasteiger partial charge in [-0.1, -0.05) is 58.0 Å². The largest absolute Gasteiger partial charge is 0.480 e. The maximum atomic E-state index is 14.5. The van der Waals surface area contributed by atoms with Crippen molar-refractivity contribution in [2.75, 3.05) is 80.5 Å². The minimum absolute atomic E-state index is 0.0587. The highest BCUT2D eigenvalue weighted by Gasteiger charge is 2.40. The fourth-order valence-corrected chi connectivity index (χ4v) is 9.23. The minimum atomic E-state index is -1.49. The van der Waals surface area contributed by atoms with E-state index >= 15 is 0 Å². The van der Waals surface area contributed by atoms with E-state index < -0.39 is 151 Å². The maximum absolute atomic E-state index is 14.5. The van der Waals surface area contributed by atoms with Crippen LogP contribution in [0.1, 0.15) is 92.6 Å². The van der Waals surface area contributed by atoms with Crippen LogP contribution in [0.15, 0.2) is 30.3 Å². The van der Waals surface area contributed by atoms with Crippen LogP contribution < -0.4 is 32.3 Å². The van der Waals surface area contributed by atoms with Crippen LogP contribution in [0.5, 0.6) is 0 Å². The number of carbonyl (C=O) groups is 12. The second-order valence-electron chi connectivity index (χ2n) is 21.7. The number of carboxylic acid groups (broad SMARTS) is 1. The number of aliphatic carboxylic acids is 1. The van der Waals surface area contributed by atoms with Gasteiger partial charge in [-0.25, -0.2) is 14.4 Å². The van der Waals surface area contributed by atoms with Crippen molar-refractivity contribution in [2.24, 2.45) is 17.6 Å². The van der Waals surface area contributed by atoms with Gasteiger partial charge in [-0.3, -0.25) is 43.2 Å². The number of carboxylic acids is 1. The van der Waals surface area contributed by atoms with Crippen LogP contribution in [0.2, 0.25) is 0 Å². The number of alkyl carbamates (subject to hydrolysis) is 2. The van der Waals surface area contributed by atoms with Crippen molar-refractivity contribution in [3.63, 3.8) is 0 Å². The van der Waals surface area contributed by atoms with E-state index in [2.05, 4.69) is 26.6 Å². The number of hydrogen-bond acceptors (Lipinski definition) is 15. The van der Waals surface area contributed by atoms with Gasteiger partial charge in [0.1, 0.15) is 48.5 Å². The normalized spacial score (nSPS) is 16.8. The minimum Gasteiger partial charge on any atom is -0.480 e. The van der Waals surface area contributed by atoms with Gasteiger partial charge in [0.25, 0.3) is 0 Å². The lowest BCUT2D eigenvalue weighted by Gasteiger charge is -2.37. The molecule has 1 aromatic rings. The van der Waals surface area contributed by atoms with Gasteiger partial charge in [0.15, 0.2) is 0 Å². The number of carbonyl (C=O) groups excluding carboxylic acids is 11. The molecule has 446 valence electrons.